The van der Waals surface area contributed by atoms with Crippen molar-refractivity contribution >= 4 is 38.9 Å². The second-order valence-corrected chi connectivity index (χ2v) is 8.75. The first kappa shape index (κ1) is 21.5. The molecule has 0 saturated carbocycles. The molecule has 0 unspecified atom stereocenters. The second-order valence-electron chi connectivity index (χ2n) is 7.69. The van der Waals surface area contributed by atoms with Crippen LogP contribution in [-0.4, -0.2) is 36.9 Å². The Kier molecular flexibility index (Phi) is 6.63. The Balaban J connectivity index is 1.52. The Labute approximate surface area is 184 Å². The van der Waals surface area contributed by atoms with Gasteiger partial charge in [0.1, 0.15) is 5.82 Å². The number of nitrogens with one attached hydrogen (secondary N) is 1. The summed E-state index contributed by atoms with van der Waals surface area (Å²) in [4.78, 5) is 28.0. The Morgan fingerprint density at radius 1 is 1.06 bits per heavy atom. The van der Waals surface area contributed by atoms with Gasteiger partial charge >= 0.3 is 0 Å². The summed E-state index contributed by atoms with van der Waals surface area (Å²) in [6, 6.07) is 11.7. The summed E-state index contributed by atoms with van der Waals surface area (Å²) in [6.07, 6.45) is 4.42. The first-order valence-electron chi connectivity index (χ1n) is 10.5. The summed E-state index contributed by atoms with van der Waals surface area (Å²) < 4.78 is 20.3. The molecule has 2 amide bonds. The summed E-state index contributed by atoms with van der Waals surface area (Å²) >= 11 is 1.24. The maximum Gasteiger partial charge on any atom is 0.266 e. The van der Waals surface area contributed by atoms with Crippen molar-refractivity contribution in [2.45, 2.75) is 32.3 Å². The van der Waals surface area contributed by atoms with Crippen LogP contribution in [0.2, 0.25) is 0 Å². The van der Waals surface area contributed by atoms with Gasteiger partial charge in [-0.25, -0.2) is 4.39 Å². The third-order valence-electron chi connectivity index (χ3n) is 5.54. The number of carbonyl (C=O) groups excluding carboxylic acids is 2. The number of hydrogen-bond acceptors (Lipinski definition) is 4. The molecule has 0 spiro atoms. The Morgan fingerprint density at radius 2 is 1.77 bits per heavy atom. The molecular weight excluding hydrogens is 415 g/mol. The van der Waals surface area contributed by atoms with Crippen LogP contribution in [0.3, 0.4) is 0 Å². The number of likely N-dealkylation sites (tertiary alicyclic amines) is 1. The molecule has 5 nitrogen and oxygen atoms in total. The van der Waals surface area contributed by atoms with Crippen LogP contribution in [0, 0.1) is 5.82 Å². The van der Waals surface area contributed by atoms with E-state index in [1.807, 2.05) is 4.90 Å². The number of amides is 2. The van der Waals surface area contributed by atoms with Crippen LogP contribution in [0.25, 0.3) is 10.1 Å². The van der Waals surface area contributed by atoms with Crippen LogP contribution in [0.5, 0.6) is 0 Å². The summed E-state index contributed by atoms with van der Waals surface area (Å²) in [5.41, 5.74) is 1.74. The Hall–Kier alpha value is -2.77. The van der Waals surface area contributed by atoms with E-state index in [0.29, 0.717) is 31.8 Å². The number of anilines is 1. The molecule has 2 aromatic carbocycles. The minimum Gasteiger partial charge on any atom is -0.380 e. The number of ether oxygens (including phenoxy) is 1. The van der Waals surface area contributed by atoms with Crippen LogP contribution in [0.1, 0.15) is 51.3 Å². The fourth-order valence-electron chi connectivity index (χ4n) is 3.97. The SMILES string of the molecule is COCc1c(C(=O)Nc2ccc(C(=O)N3CCCCCC3)cc2)sc2cccc(F)c12. The van der Waals surface area contributed by atoms with E-state index >= 15 is 0 Å². The van der Waals surface area contributed by atoms with Gasteiger partial charge in [-0.1, -0.05) is 18.9 Å². The van der Waals surface area contributed by atoms with E-state index in [4.69, 9.17) is 4.74 Å². The van der Waals surface area contributed by atoms with Crippen molar-refractivity contribution in [2.24, 2.45) is 0 Å². The smallest absolute Gasteiger partial charge is 0.266 e. The number of hydrogen-bond donors (Lipinski definition) is 1. The highest BCUT2D eigenvalue weighted by atomic mass is 32.1. The number of benzene rings is 2. The monoisotopic (exact) mass is 440 g/mol. The van der Waals surface area contributed by atoms with E-state index in [2.05, 4.69) is 5.32 Å². The van der Waals surface area contributed by atoms with Crippen LogP contribution < -0.4 is 5.32 Å². The molecule has 1 aromatic heterocycles. The fourth-order valence-corrected chi connectivity index (χ4v) is 5.09. The molecule has 4 rings (SSSR count). The Bertz CT molecular complexity index is 1090. The first-order chi connectivity index (χ1) is 15.1. The van der Waals surface area contributed by atoms with Crippen molar-refractivity contribution in [2.75, 3.05) is 25.5 Å². The highest BCUT2D eigenvalue weighted by molar-refractivity contribution is 7.21. The summed E-state index contributed by atoms with van der Waals surface area (Å²) in [5, 5.41) is 3.29. The fraction of sp³-hybridized carbons (Fsp3) is 0.333. The maximum atomic E-state index is 14.4. The van der Waals surface area contributed by atoms with E-state index in [-0.39, 0.29) is 24.2 Å². The van der Waals surface area contributed by atoms with Crippen LogP contribution in [0.4, 0.5) is 10.1 Å². The van der Waals surface area contributed by atoms with Crippen molar-refractivity contribution in [3.05, 3.63) is 64.3 Å². The largest absolute Gasteiger partial charge is 0.380 e. The number of fused-ring (bicyclic) bond motifs is 1. The third-order valence-corrected chi connectivity index (χ3v) is 6.74. The molecule has 7 heteroatoms. The minimum absolute atomic E-state index is 0.0298. The zero-order valence-corrected chi connectivity index (χ0v) is 18.3. The molecule has 1 aliphatic heterocycles. The average Bonchev–Trinajstić information content (AvgIpc) is 2.95. The Morgan fingerprint density at radius 3 is 2.45 bits per heavy atom. The summed E-state index contributed by atoms with van der Waals surface area (Å²) in [7, 11) is 1.52. The summed E-state index contributed by atoms with van der Waals surface area (Å²) in [6.45, 7) is 1.73. The quantitative estimate of drug-likeness (QED) is 0.574. The normalized spacial score (nSPS) is 14.5. The van der Waals surface area contributed by atoms with E-state index in [1.54, 1.807) is 36.4 Å². The van der Waals surface area contributed by atoms with E-state index in [1.165, 1.54) is 37.4 Å². The lowest BCUT2D eigenvalue weighted by Gasteiger charge is -2.20. The number of thiophene rings is 1. The zero-order chi connectivity index (χ0) is 21.8. The van der Waals surface area contributed by atoms with Crippen molar-refractivity contribution in [1.82, 2.24) is 4.90 Å². The van der Waals surface area contributed by atoms with Crippen molar-refractivity contribution in [3.8, 4) is 0 Å². The molecular formula is C24H25FN2O3S. The standard InChI is InChI=1S/C24H25FN2O3S/c1-30-15-18-21-19(25)7-6-8-20(21)31-22(18)23(28)26-17-11-9-16(10-12-17)24(29)27-13-4-2-3-5-14-27/h6-12H,2-5,13-15H2,1H3,(H,26,28). The highest BCUT2D eigenvalue weighted by Crippen LogP contribution is 2.34. The van der Waals surface area contributed by atoms with Gasteiger partial charge in [0.2, 0.25) is 0 Å². The number of carbonyl (C=O) groups is 2. The number of methoxy groups -OCH3 is 1. The number of rotatable bonds is 5. The molecule has 2 heterocycles. The third kappa shape index (κ3) is 4.62. The molecule has 162 valence electrons. The molecule has 0 atom stereocenters. The molecule has 31 heavy (non-hydrogen) atoms. The van der Waals surface area contributed by atoms with E-state index in [9.17, 15) is 14.0 Å². The molecule has 1 fully saturated rings. The van der Waals surface area contributed by atoms with Crippen LogP contribution in [-0.2, 0) is 11.3 Å². The predicted octanol–water partition coefficient (Wildman–Crippen LogP) is 5.46. The lowest BCUT2D eigenvalue weighted by molar-refractivity contribution is 0.0761. The molecule has 1 aliphatic rings. The summed E-state index contributed by atoms with van der Waals surface area (Å²) in [5.74, 6) is -0.655. The minimum atomic E-state index is -0.365. The predicted molar refractivity (Wildman–Crippen MR) is 121 cm³/mol. The zero-order valence-electron chi connectivity index (χ0n) is 17.4. The highest BCUT2D eigenvalue weighted by Gasteiger charge is 2.21. The molecule has 0 aliphatic carbocycles. The van der Waals surface area contributed by atoms with Gasteiger partial charge in [0.05, 0.1) is 11.5 Å². The van der Waals surface area contributed by atoms with Crippen molar-refractivity contribution in [1.29, 1.82) is 0 Å². The number of nitrogens with zero attached hydrogens (tertiary/aromatic N) is 1. The second kappa shape index (κ2) is 9.58. The lowest BCUT2D eigenvalue weighted by atomic mass is 10.1. The van der Waals surface area contributed by atoms with E-state index < -0.39 is 0 Å². The van der Waals surface area contributed by atoms with Crippen LogP contribution in [0.15, 0.2) is 42.5 Å². The first-order valence-corrected chi connectivity index (χ1v) is 11.3. The topological polar surface area (TPSA) is 58.6 Å². The van der Waals surface area contributed by atoms with Gasteiger partial charge in [0.15, 0.2) is 0 Å². The van der Waals surface area contributed by atoms with Crippen molar-refractivity contribution in [3.63, 3.8) is 0 Å². The van der Waals surface area contributed by atoms with Gasteiger partial charge in [-0.05, 0) is 49.2 Å². The lowest BCUT2D eigenvalue weighted by Crippen LogP contribution is -2.31. The average molecular weight is 441 g/mol. The molecule has 0 radical (unpaired) electrons. The van der Waals surface area contributed by atoms with Gasteiger partial charge in [-0.3, -0.25) is 9.59 Å². The molecule has 0 bridgehead atoms. The van der Waals surface area contributed by atoms with E-state index in [0.717, 1.165) is 25.9 Å². The van der Waals surface area contributed by atoms with Gasteiger partial charge in [-0.15, -0.1) is 11.3 Å². The molecule has 3 aromatic rings. The van der Waals surface area contributed by atoms with Crippen LogP contribution >= 0.6 is 11.3 Å². The van der Waals surface area contributed by atoms with Gasteiger partial charge < -0.3 is 15.0 Å². The van der Waals surface area contributed by atoms with Gasteiger partial charge in [0.25, 0.3) is 11.8 Å². The molecule has 1 N–H and O–H groups in total. The molecule has 1 saturated heterocycles. The van der Waals surface area contributed by atoms with Gasteiger partial charge in [0, 0.05) is 47.1 Å². The van der Waals surface area contributed by atoms with Crippen molar-refractivity contribution < 1.29 is 18.7 Å². The number of halogens is 1. The maximum absolute atomic E-state index is 14.4. The van der Waals surface area contributed by atoms with Gasteiger partial charge in [-0.2, -0.15) is 0 Å².